The first-order valence-electron chi connectivity index (χ1n) is 9.03. The van der Waals surface area contributed by atoms with Gasteiger partial charge in [0, 0.05) is 60.7 Å². The largest absolute Gasteiger partial charge is 0.369 e. The molecule has 0 aliphatic rings. The maximum absolute atomic E-state index is 11.7. The summed E-state index contributed by atoms with van der Waals surface area (Å²) in [5.41, 5.74) is 8.18. The third-order valence-electron chi connectivity index (χ3n) is 4.12. The number of aromatic amines is 1. The Kier molecular flexibility index (Phi) is 6.62. The molecule has 0 aliphatic carbocycles. The van der Waals surface area contributed by atoms with Gasteiger partial charge >= 0.3 is 0 Å². The highest BCUT2D eigenvalue weighted by molar-refractivity contribution is 6.30. The second kappa shape index (κ2) is 9.34. The van der Waals surface area contributed by atoms with E-state index in [1.165, 1.54) is 6.92 Å². The van der Waals surface area contributed by atoms with Crippen molar-refractivity contribution >= 4 is 23.3 Å². The normalized spacial score (nSPS) is 11.8. The Hall–Kier alpha value is -2.90. The molecule has 2 heterocycles. The van der Waals surface area contributed by atoms with Crippen LogP contribution in [0.25, 0.3) is 11.4 Å². The number of anilines is 1. The van der Waals surface area contributed by atoms with E-state index in [-0.39, 0.29) is 11.9 Å². The van der Waals surface area contributed by atoms with Gasteiger partial charge in [-0.25, -0.2) is 9.97 Å². The maximum atomic E-state index is 11.7. The van der Waals surface area contributed by atoms with Gasteiger partial charge < -0.3 is 21.4 Å². The van der Waals surface area contributed by atoms with Crippen LogP contribution in [0.5, 0.6) is 0 Å². The van der Waals surface area contributed by atoms with Crippen molar-refractivity contribution < 1.29 is 4.79 Å². The summed E-state index contributed by atoms with van der Waals surface area (Å²) in [7, 11) is 0. The van der Waals surface area contributed by atoms with E-state index in [1.807, 2.05) is 36.5 Å². The van der Waals surface area contributed by atoms with Gasteiger partial charge in [-0.1, -0.05) is 11.6 Å². The van der Waals surface area contributed by atoms with Gasteiger partial charge in [0.15, 0.2) is 5.82 Å². The SMILES string of the molecule is CC(=O)NC(Cc1cc(NCCN)nc(-c2ccc(Cl)cc2)n1)c1ccc[nH]1. The molecule has 0 fully saturated rings. The van der Waals surface area contributed by atoms with Crippen molar-refractivity contribution in [3.8, 4) is 11.4 Å². The Bertz CT molecular complexity index is 911. The average molecular weight is 399 g/mol. The molecule has 0 saturated heterocycles. The molecule has 0 bridgehead atoms. The zero-order valence-electron chi connectivity index (χ0n) is 15.6. The van der Waals surface area contributed by atoms with Crippen molar-refractivity contribution in [1.29, 1.82) is 0 Å². The number of carbonyl (C=O) groups excluding carboxylic acids is 1. The van der Waals surface area contributed by atoms with E-state index in [4.69, 9.17) is 22.3 Å². The van der Waals surface area contributed by atoms with Crippen molar-refractivity contribution in [2.45, 2.75) is 19.4 Å². The Morgan fingerprint density at radius 2 is 2.04 bits per heavy atom. The van der Waals surface area contributed by atoms with Crippen LogP contribution in [0.15, 0.2) is 48.7 Å². The van der Waals surface area contributed by atoms with E-state index in [1.54, 1.807) is 12.1 Å². The lowest BCUT2D eigenvalue weighted by molar-refractivity contribution is -0.119. The molecule has 0 aliphatic heterocycles. The molecule has 3 rings (SSSR count). The topological polar surface area (TPSA) is 109 Å². The molecule has 5 N–H and O–H groups in total. The number of nitrogens with one attached hydrogen (secondary N) is 3. The fourth-order valence-electron chi connectivity index (χ4n) is 2.88. The Morgan fingerprint density at radius 3 is 2.68 bits per heavy atom. The third-order valence-corrected chi connectivity index (χ3v) is 4.37. The minimum Gasteiger partial charge on any atom is -0.369 e. The molecule has 146 valence electrons. The second-order valence-corrected chi connectivity index (χ2v) is 6.81. The quantitative estimate of drug-likeness (QED) is 0.466. The van der Waals surface area contributed by atoms with Crippen LogP contribution in [0.3, 0.4) is 0 Å². The number of nitrogens with zero attached hydrogens (tertiary/aromatic N) is 2. The summed E-state index contributed by atoms with van der Waals surface area (Å²) in [6.45, 7) is 2.60. The van der Waals surface area contributed by atoms with E-state index in [0.717, 1.165) is 17.0 Å². The second-order valence-electron chi connectivity index (χ2n) is 6.37. The van der Waals surface area contributed by atoms with Crippen molar-refractivity contribution in [1.82, 2.24) is 20.3 Å². The molecule has 0 spiro atoms. The standard InChI is InChI=1S/C20H23ClN6O/c1-13(28)25-18(17-3-2-9-23-17)11-16-12-19(24-10-8-22)27-20(26-16)14-4-6-15(21)7-5-14/h2-7,9,12,18,23H,8,10-11,22H2,1H3,(H,25,28)(H,24,26,27). The molecule has 1 aromatic carbocycles. The van der Waals surface area contributed by atoms with Crippen LogP contribution in [0.1, 0.15) is 24.4 Å². The first-order chi connectivity index (χ1) is 13.5. The summed E-state index contributed by atoms with van der Waals surface area (Å²) in [6.07, 6.45) is 2.35. The molecular formula is C20H23ClN6O. The Balaban J connectivity index is 1.94. The van der Waals surface area contributed by atoms with Gasteiger partial charge in [-0.15, -0.1) is 0 Å². The molecule has 0 radical (unpaired) electrons. The lowest BCUT2D eigenvalue weighted by Gasteiger charge is -2.17. The number of hydrogen-bond donors (Lipinski definition) is 4. The van der Waals surface area contributed by atoms with E-state index in [2.05, 4.69) is 20.6 Å². The predicted octanol–water partition coefficient (Wildman–Crippen LogP) is 2.92. The van der Waals surface area contributed by atoms with Gasteiger partial charge in [-0.2, -0.15) is 0 Å². The molecule has 1 atom stereocenters. The number of aromatic nitrogens is 3. The fourth-order valence-corrected chi connectivity index (χ4v) is 3.00. The number of amides is 1. The maximum Gasteiger partial charge on any atom is 0.217 e. The van der Waals surface area contributed by atoms with Crippen molar-refractivity contribution in [3.63, 3.8) is 0 Å². The number of H-pyrrole nitrogens is 1. The zero-order valence-corrected chi connectivity index (χ0v) is 16.3. The van der Waals surface area contributed by atoms with Crippen LogP contribution in [0, 0.1) is 0 Å². The van der Waals surface area contributed by atoms with Gasteiger partial charge in [0.1, 0.15) is 5.82 Å². The van der Waals surface area contributed by atoms with Crippen LogP contribution >= 0.6 is 11.6 Å². The van der Waals surface area contributed by atoms with Gasteiger partial charge in [-0.05, 0) is 36.4 Å². The summed E-state index contributed by atoms with van der Waals surface area (Å²) in [6, 6.07) is 12.9. The molecular weight excluding hydrogens is 376 g/mol. The van der Waals surface area contributed by atoms with E-state index in [0.29, 0.717) is 36.2 Å². The van der Waals surface area contributed by atoms with E-state index >= 15 is 0 Å². The molecule has 28 heavy (non-hydrogen) atoms. The van der Waals surface area contributed by atoms with Gasteiger partial charge in [0.2, 0.25) is 5.91 Å². The number of halogens is 1. The predicted molar refractivity (Wildman–Crippen MR) is 111 cm³/mol. The summed E-state index contributed by atoms with van der Waals surface area (Å²) in [5.74, 6) is 1.17. The molecule has 3 aromatic rings. The fraction of sp³-hybridized carbons (Fsp3) is 0.250. The van der Waals surface area contributed by atoms with Crippen LogP contribution in [-0.2, 0) is 11.2 Å². The highest BCUT2D eigenvalue weighted by Crippen LogP contribution is 2.23. The van der Waals surface area contributed by atoms with Crippen molar-refractivity contribution in [3.05, 3.63) is 65.1 Å². The third kappa shape index (κ3) is 5.31. The number of benzene rings is 1. The molecule has 8 heteroatoms. The minimum absolute atomic E-state index is 0.104. The lowest BCUT2D eigenvalue weighted by Crippen LogP contribution is -2.28. The molecule has 1 amide bonds. The number of nitrogens with two attached hydrogens (primary N) is 1. The first-order valence-corrected chi connectivity index (χ1v) is 9.41. The van der Waals surface area contributed by atoms with Crippen molar-refractivity contribution in [2.75, 3.05) is 18.4 Å². The zero-order chi connectivity index (χ0) is 19.9. The van der Waals surface area contributed by atoms with Crippen LogP contribution in [-0.4, -0.2) is 33.9 Å². The van der Waals surface area contributed by atoms with Gasteiger partial charge in [0.25, 0.3) is 0 Å². The van der Waals surface area contributed by atoms with E-state index in [9.17, 15) is 4.79 Å². The molecule has 2 aromatic heterocycles. The minimum atomic E-state index is -0.220. The van der Waals surface area contributed by atoms with Crippen LogP contribution in [0.4, 0.5) is 5.82 Å². The summed E-state index contributed by atoms with van der Waals surface area (Å²) in [4.78, 5) is 24.1. The summed E-state index contributed by atoms with van der Waals surface area (Å²) < 4.78 is 0. The summed E-state index contributed by atoms with van der Waals surface area (Å²) in [5, 5.41) is 6.83. The van der Waals surface area contributed by atoms with E-state index < -0.39 is 0 Å². The molecule has 7 nitrogen and oxygen atoms in total. The van der Waals surface area contributed by atoms with Crippen molar-refractivity contribution in [2.24, 2.45) is 5.73 Å². The Morgan fingerprint density at radius 1 is 1.25 bits per heavy atom. The molecule has 0 saturated carbocycles. The van der Waals surface area contributed by atoms with Gasteiger partial charge in [0.05, 0.1) is 6.04 Å². The lowest BCUT2D eigenvalue weighted by atomic mass is 10.1. The highest BCUT2D eigenvalue weighted by atomic mass is 35.5. The number of rotatable bonds is 8. The number of hydrogen-bond acceptors (Lipinski definition) is 5. The van der Waals surface area contributed by atoms with Gasteiger partial charge in [-0.3, -0.25) is 4.79 Å². The average Bonchev–Trinajstić information content (AvgIpc) is 3.21. The first kappa shape index (κ1) is 19.9. The monoisotopic (exact) mass is 398 g/mol. The number of carbonyl (C=O) groups is 1. The molecule has 1 unspecified atom stereocenters. The van der Waals surface area contributed by atoms with Crippen LogP contribution < -0.4 is 16.4 Å². The highest BCUT2D eigenvalue weighted by Gasteiger charge is 2.17. The smallest absolute Gasteiger partial charge is 0.217 e. The summed E-state index contributed by atoms with van der Waals surface area (Å²) >= 11 is 5.99. The Labute approximate surface area is 168 Å². The van der Waals surface area contributed by atoms with Crippen LogP contribution in [0.2, 0.25) is 5.02 Å².